The molecule has 3 heteroatoms. The van der Waals surface area contributed by atoms with Crippen LogP contribution >= 0.6 is 0 Å². The third kappa shape index (κ3) is 5.16. The van der Waals surface area contributed by atoms with Gasteiger partial charge in [-0.25, -0.2) is 0 Å². The van der Waals surface area contributed by atoms with Crippen molar-refractivity contribution in [2.24, 2.45) is 5.92 Å². The smallest absolute Gasteiger partial charge is 0.123 e. The van der Waals surface area contributed by atoms with Gasteiger partial charge in [-0.2, -0.15) is 0 Å². The maximum atomic E-state index is 10.7. The highest BCUT2D eigenvalue weighted by atomic mass is 16.3. The summed E-state index contributed by atoms with van der Waals surface area (Å²) in [5.41, 5.74) is 6.00. The molecule has 3 nitrogen and oxygen atoms in total. The maximum absolute atomic E-state index is 10.7. The number of phenols is 1. The number of aliphatic hydroxyl groups excluding tert-OH is 2. The Kier molecular flexibility index (Phi) is 6.90. The minimum Gasteiger partial charge on any atom is -0.507 e. The monoisotopic (exact) mass is 388 g/mol. The minimum atomic E-state index is -0.694. The van der Waals surface area contributed by atoms with Gasteiger partial charge in [0, 0.05) is 18.2 Å². The molecule has 0 aliphatic rings. The average Bonchev–Trinajstić information content (AvgIpc) is 2.73. The molecule has 29 heavy (non-hydrogen) atoms. The van der Waals surface area contributed by atoms with Crippen LogP contribution in [0.15, 0.2) is 84.1 Å². The van der Waals surface area contributed by atoms with Crippen LogP contribution in [0.5, 0.6) is 5.75 Å². The standard InChI is InChI=1S/C26H28O3/c1-18(2)20(17-26(29)19-9-4-3-5-10-19)11-8-14-24(27)23-15-16-25(28)22-13-7-6-12-21(22)23/h3-10,12-13,15-16,18,24,26-29H,14,17H2,1-2H3/t11?,24-,26-/m1/s1. The zero-order chi connectivity index (χ0) is 20.8. The number of benzene rings is 3. The van der Waals surface area contributed by atoms with Gasteiger partial charge in [0.2, 0.25) is 0 Å². The van der Waals surface area contributed by atoms with E-state index in [0.717, 1.165) is 27.5 Å². The molecule has 3 aromatic rings. The topological polar surface area (TPSA) is 60.7 Å². The maximum Gasteiger partial charge on any atom is 0.123 e. The lowest BCUT2D eigenvalue weighted by molar-refractivity contribution is 0.175. The van der Waals surface area contributed by atoms with Gasteiger partial charge in [-0.1, -0.05) is 74.5 Å². The molecule has 0 bridgehead atoms. The highest BCUT2D eigenvalue weighted by Gasteiger charge is 2.14. The van der Waals surface area contributed by atoms with Gasteiger partial charge in [0.05, 0.1) is 12.2 Å². The molecular weight excluding hydrogens is 360 g/mol. The van der Waals surface area contributed by atoms with E-state index in [2.05, 4.69) is 19.6 Å². The predicted molar refractivity (Wildman–Crippen MR) is 118 cm³/mol. The van der Waals surface area contributed by atoms with Crippen molar-refractivity contribution in [3.8, 4) is 5.75 Å². The first kappa shape index (κ1) is 20.9. The highest BCUT2D eigenvalue weighted by Crippen LogP contribution is 2.32. The molecule has 0 unspecified atom stereocenters. The Morgan fingerprint density at radius 3 is 2.21 bits per heavy atom. The first-order valence-electron chi connectivity index (χ1n) is 10.0. The van der Waals surface area contributed by atoms with Crippen molar-refractivity contribution in [3.05, 3.63) is 95.2 Å². The fourth-order valence-corrected chi connectivity index (χ4v) is 3.49. The molecule has 3 aromatic carbocycles. The molecule has 0 aliphatic carbocycles. The van der Waals surface area contributed by atoms with Gasteiger partial charge in [-0.05, 0) is 40.1 Å². The third-order valence-electron chi connectivity index (χ3n) is 5.22. The lowest BCUT2D eigenvalue weighted by Gasteiger charge is -2.15. The summed E-state index contributed by atoms with van der Waals surface area (Å²) >= 11 is 0. The van der Waals surface area contributed by atoms with Crippen LogP contribution in [-0.2, 0) is 0 Å². The number of hydrogen-bond donors (Lipinski definition) is 3. The summed E-state index contributed by atoms with van der Waals surface area (Å²) in [7, 11) is 0. The van der Waals surface area contributed by atoms with E-state index in [9.17, 15) is 15.3 Å². The van der Waals surface area contributed by atoms with Crippen LogP contribution < -0.4 is 0 Å². The molecular formula is C26H28O3. The van der Waals surface area contributed by atoms with Crippen molar-refractivity contribution in [1.82, 2.24) is 0 Å². The zero-order valence-corrected chi connectivity index (χ0v) is 16.9. The SMILES string of the molecule is CC(C)C(=C=CC[C@@H](O)c1ccc(O)c2ccccc12)C[C@@H](O)c1ccccc1. The third-order valence-corrected chi connectivity index (χ3v) is 5.22. The van der Waals surface area contributed by atoms with Gasteiger partial charge in [0.25, 0.3) is 0 Å². The molecule has 3 N–H and O–H groups in total. The Balaban J connectivity index is 1.78. The second-order valence-electron chi connectivity index (χ2n) is 7.63. The van der Waals surface area contributed by atoms with E-state index in [1.807, 2.05) is 60.7 Å². The number of phenolic OH excluding ortho intramolecular Hbond substituents is 1. The van der Waals surface area contributed by atoms with Crippen molar-refractivity contribution < 1.29 is 15.3 Å². The molecule has 0 radical (unpaired) electrons. The van der Waals surface area contributed by atoms with E-state index in [-0.39, 0.29) is 11.7 Å². The molecule has 0 aromatic heterocycles. The summed E-state index contributed by atoms with van der Waals surface area (Å²) in [4.78, 5) is 0. The summed E-state index contributed by atoms with van der Waals surface area (Å²) in [5, 5.41) is 32.9. The number of rotatable bonds is 7. The van der Waals surface area contributed by atoms with Crippen molar-refractivity contribution >= 4 is 10.8 Å². The van der Waals surface area contributed by atoms with Crippen molar-refractivity contribution in [1.29, 1.82) is 0 Å². The van der Waals surface area contributed by atoms with E-state index >= 15 is 0 Å². The van der Waals surface area contributed by atoms with E-state index < -0.39 is 12.2 Å². The molecule has 0 saturated heterocycles. The minimum absolute atomic E-state index is 0.212. The van der Waals surface area contributed by atoms with Crippen LogP contribution in [0, 0.1) is 5.92 Å². The molecule has 3 rings (SSSR count). The Morgan fingerprint density at radius 2 is 1.52 bits per heavy atom. The van der Waals surface area contributed by atoms with Gasteiger partial charge in [-0.15, -0.1) is 5.73 Å². The second kappa shape index (κ2) is 9.58. The van der Waals surface area contributed by atoms with Crippen LogP contribution in [0.1, 0.15) is 50.0 Å². The second-order valence-corrected chi connectivity index (χ2v) is 7.63. The van der Waals surface area contributed by atoms with Crippen LogP contribution in [-0.4, -0.2) is 15.3 Å². The van der Waals surface area contributed by atoms with E-state index in [1.54, 1.807) is 12.1 Å². The normalized spacial score (nSPS) is 13.1. The highest BCUT2D eigenvalue weighted by molar-refractivity contribution is 5.91. The quantitative estimate of drug-likeness (QED) is 0.446. The number of aliphatic hydroxyl groups is 2. The van der Waals surface area contributed by atoms with E-state index in [4.69, 9.17) is 0 Å². The Bertz CT molecular complexity index is 1010. The first-order valence-corrected chi connectivity index (χ1v) is 10.0. The van der Waals surface area contributed by atoms with E-state index in [1.165, 1.54) is 0 Å². The fourth-order valence-electron chi connectivity index (χ4n) is 3.49. The average molecular weight is 389 g/mol. The Labute approximate surface area is 172 Å². The van der Waals surface area contributed by atoms with Gasteiger partial charge in [0.1, 0.15) is 5.75 Å². The first-order chi connectivity index (χ1) is 14.0. The van der Waals surface area contributed by atoms with Crippen LogP contribution in [0.4, 0.5) is 0 Å². The van der Waals surface area contributed by atoms with Crippen molar-refractivity contribution in [3.63, 3.8) is 0 Å². The van der Waals surface area contributed by atoms with Gasteiger partial charge in [0.15, 0.2) is 0 Å². The fraction of sp³-hybridized carbons (Fsp3) is 0.269. The summed E-state index contributed by atoms with van der Waals surface area (Å²) in [5.74, 6) is 0.459. The van der Waals surface area contributed by atoms with Gasteiger partial charge in [-0.3, -0.25) is 0 Å². The molecule has 150 valence electrons. The number of aromatic hydroxyl groups is 1. The van der Waals surface area contributed by atoms with Crippen LogP contribution in [0.25, 0.3) is 10.8 Å². The number of hydrogen-bond acceptors (Lipinski definition) is 3. The van der Waals surface area contributed by atoms with Gasteiger partial charge >= 0.3 is 0 Å². The lowest BCUT2D eigenvalue weighted by atomic mass is 9.94. The summed E-state index contributed by atoms with van der Waals surface area (Å²) in [6.45, 7) is 4.16. The largest absolute Gasteiger partial charge is 0.507 e. The van der Waals surface area contributed by atoms with Crippen LogP contribution in [0.2, 0.25) is 0 Å². The van der Waals surface area contributed by atoms with Gasteiger partial charge < -0.3 is 15.3 Å². The van der Waals surface area contributed by atoms with E-state index in [0.29, 0.717) is 12.8 Å². The molecule has 0 saturated carbocycles. The predicted octanol–water partition coefficient (Wildman–Crippen LogP) is 5.83. The van der Waals surface area contributed by atoms with Crippen molar-refractivity contribution in [2.45, 2.75) is 38.9 Å². The molecule has 0 heterocycles. The lowest BCUT2D eigenvalue weighted by Crippen LogP contribution is -2.03. The molecule has 0 amide bonds. The Hall–Kier alpha value is -2.84. The summed E-state index contributed by atoms with van der Waals surface area (Å²) in [6, 6.07) is 20.5. The molecule has 0 aliphatic heterocycles. The zero-order valence-electron chi connectivity index (χ0n) is 16.9. The summed E-state index contributed by atoms with van der Waals surface area (Å²) < 4.78 is 0. The van der Waals surface area contributed by atoms with Crippen LogP contribution in [0.3, 0.4) is 0 Å². The summed E-state index contributed by atoms with van der Waals surface area (Å²) in [6.07, 6.45) is 1.50. The molecule has 2 atom stereocenters. The molecule has 0 spiro atoms. The number of fused-ring (bicyclic) bond motifs is 1. The Morgan fingerprint density at radius 1 is 0.862 bits per heavy atom. The van der Waals surface area contributed by atoms with Crippen molar-refractivity contribution in [2.75, 3.05) is 0 Å². The molecule has 0 fully saturated rings.